The van der Waals surface area contributed by atoms with Crippen molar-refractivity contribution in [1.82, 2.24) is 20.2 Å². The Morgan fingerprint density at radius 3 is 2.44 bits per heavy atom. The van der Waals surface area contributed by atoms with Gasteiger partial charge in [0.2, 0.25) is 5.91 Å². The van der Waals surface area contributed by atoms with E-state index in [1.165, 1.54) is 12.5 Å². The summed E-state index contributed by atoms with van der Waals surface area (Å²) in [4.78, 5) is 27.0. The van der Waals surface area contributed by atoms with E-state index in [9.17, 15) is 14.7 Å². The molecule has 1 amide bonds. The average molecular weight is 697 g/mol. The minimum absolute atomic E-state index is 0.176. The number of rotatable bonds is 9. The monoisotopic (exact) mass is 696 g/mol. The van der Waals surface area contributed by atoms with Crippen LogP contribution in [0.15, 0.2) is 11.6 Å². The largest absolute Gasteiger partial charge is 0.481 e. The van der Waals surface area contributed by atoms with Gasteiger partial charge in [-0.3, -0.25) is 14.9 Å². The molecule has 11 nitrogen and oxygen atoms in total. The number of amides is 1. The van der Waals surface area contributed by atoms with Gasteiger partial charge in [0.25, 0.3) is 5.95 Å². The summed E-state index contributed by atoms with van der Waals surface area (Å²) in [5.41, 5.74) is 6.16. The lowest BCUT2D eigenvalue weighted by Crippen LogP contribution is -2.69. The second-order valence-electron chi connectivity index (χ2n) is 19.1. The van der Waals surface area contributed by atoms with E-state index in [2.05, 4.69) is 84.0 Å². The van der Waals surface area contributed by atoms with Crippen molar-refractivity contribution >= 4 is 17.8 Å². The van der Waals surface area contributed by atoms with Gasteiger partial charge in [0.1, 0.15) is 6.04 Å². The molecule has 11 heteroatoms. The molecule has 1 aliphatic heterocycles. The number of nitrogens with two attached hydrogens (primary N) is 1. The summed E-state index contributed by atoms with van der Waals surface area (Å²) in [6.45, 7) is 25.3. The molecule has 1 aromatic rings. The fourth-order valence-electron chi connectivity index (χ4n) is 12.1. The first-order valence-corrected chi connectivity index (χ1v) is 19.2. The maximum absolute atomic E-state index is 13.5. The Morgan fingerprint density at radius 2 is 1.82 bits per heavy atom. The Labute approximate surface area is 299 Å². The Bertz CT molecular complexity index is 1520. The molecule has 0 radical (unpaired) electrons. The first-order chi connectivity index (χ1) is 23.2. The SMILES string of the molecule is CC(=O)Nc1nnn([C@@H]2C[C@@]34COCC(C)([C@H]2OC[C@](C)(N)C(C)C)[C@@H]3CC[C@H]2C4=CC[C@@]3(C)C(C(=O)O)[C@@](C)([C@H](C)C(C)C)CC[C@]23C)n1. The van der Waals surface area contributed by atoms with Gasteiger partial charge in [-0.1, -0.05) is 79.1 Å². The molecule has 2 bridgehead atoms. The summed E-state index contributed by atoms with van der Waals surface area (Å²) in [6.07, 6.45) is 7.55. The Kier molecular flexibility index (Phi) is 9.24. The molecule has 12 atom stereocenters. The van der Waals surface area contributed by atoms with Crippen molar-refractivity contribution in [3.05, 3.63) is 11.6 Å². The third kappa shape index (κ3) is 5.33. The lowest BCUT2D eigenvalue weighted by molar-refractivity contribution is -0.253. The van der Waals surface area contributed by atoms with Gasteiger partial charge in [-0.05, 0) is 96.5 Å². The van der Waals surface area contributed by atoms with Crippen LogP contribution >= 0.6 is 0 Å². The second kappa shape index (κ2) is 12.4. The number of nitrogens with zero attached hydrogens (tertiary/aromatic N) is 4. The molecule has 4 aliphatic carbocycles. The highest BCUT2D eigenvalue weighted by atomic mass is 16.5. The van der Waals surface area contributed by atoms with E-state index in [4.69, 9.17) is 20.3 Å². The highest BCUT2D eigenvalue weighted by Crippen LogP contribution is 2.75. The number of hydrogen-bond acceptors (Lipinski definition) is 8. The molecule has 2 heterocycles. The number of ether oxygens (including phenoxy) is 2. The molecule has 0 aromatic carbocycles. The van der Waals surface area contributed by atoms with Crippen molar-refractivity contribution in [2.75, 3.05) is 25.1 Å². The van der Waals surface area contributed by atoms with Crippen LogP contribution in [0.25, 0.3) is 0 Å². The normalized spacial score (nSPS) is 42.8. The summed E-state index contributed by atoms with van der Waals surface area (Å²) in [6, 6.07) is -0.271. The van der Waals surface area contributed by atoms with Crippen molar-refractivity contribution in [2.24, 2.45) is 68.3 Å². The Hall–Kier alpha value is -2.37. The lowest BCUT2D eigenvalue weighted by Gasteiger charge is -2.71. The fourth-order valence-corrected chi connectivity index (χ4v) is 12.1. The first kappa shape index (κ1) is 37.4. The van der Waals surface area contributed by atoms with Crippen LogP contribution in [0, 0.1) is 62.6 Å². The number of aromatic nitrogens is 4. The molecule has 6 rings (SSSR count). The van der Waals surface area contributed by atoms with Crippen molar-refractivity contribution in [3.63, 3.8) is 0 Å². The van der Waals surface area contributed by atoms with E-state index in [0.29, 0.717) is 38.1 Å². The Morgan fingerprint density at radius 1 is 1.12 bits per heavy atom. The molecule has 0 spiro atoms. The summed E-state index contributed by atoms with van der Waals surface area (Å²) >= 11 is 0. The van der Waals surface area contributed by atoms with Gasteiger partial charge >= 0.3 is 5.97 Å². The van der Waals surface area contributed by atoms with E-state index in [0.717, 1.165) is 32.1 Å². The number of nitrogens with one attached hydrogen (secondary N) is 1. The fraction of sp³-hybridized carbons (Fsp3) is 0.872. The van der Waals surface area contributed by atoms with Crippen molar-refractivity contribution < 1.29 is 24.2 Å². The van der Waals surface area contributed by atoms with Gasteiger partial charge in [-0.2, -0.15) is 4.80 Å². The molecular weight excluding hydrogens is 632 g/mol. The zero-order valence-electron chi connectivity index (χ0n) is 32.5. The third-order valence-electron chi connectivity index (χ3n) is 16.0. The van der Waals surface area contributed by atoms with Gasteiger partial charge in [0, 0.05) is 23.3 Å². The standard InChI is InChI=1S/C39H64N6O5/c1-22(2)24(5)34(7)16-17-36(9)26-12-13-29-35(8)19-49-21-39(29,27(26)14-15-37(36,10)30(34)32(47)48)18-28(31(35)50-20-38(11,40)23(3)4)45-43-33(42-44-45)41-25(6)46/h14,22-24,26,28-31H,12-13,15-21,40H2,1-11H3,(H,47,48)(H,41,43,46)/t24-,26+,28-,29+,30?,31+,34-,35?,36-,37+,38+,39+/m1/s1. The number of carbonyl (C=O) groups is 2. The summed E-state index contributed by atoms with van der Waals surface area (Å²) in [5.74, 6) is 0.278. The number of allylic oxidation sites excluding steroid dienone is 1. The van der Waals surface area contributed by atoms with E-state index >= 15 is 0 Å². The van der Waals surface area contributed by atoms with Gasteiger partial charge in [0.05, 0.1) is 31.8 Å². The third-order valence-corrected chi connectivity index (χ3v) is 16.0. The van der Waals surface area contributed by atoms with Crippen LogP contribution in [0.2, 0.25) is 0 Å². The molecule has 2 unspecified atom stereocenters. The molecule has 4 N–H and O–H groups in total. The van der Waals surface area contributed by atoms with Gasteiger partial charge in [-0.15, -0.1) is 5.10 Å². The quantitative estimate of drug-likeness (QED) is 0.245. The Balaban J connectivity index is 1.45. The number of anilines is 1. The maximum Gasteiger partial charge on any atom is 0.307 e. The maximum atomic E-state index is 13.5. The van der Waals surface area contributed by atoms with Gasteiger partial charge in [0.15, 0.2) is 0 Å². The average Bonchev–Trinajstić information content (AvgIpc) is 3.47. The zero-order valence-corrected chi connectivity index (χ0v) is 32.5. The van der Waals surface area contributed by atoms with E-state index < -0.39 is 22.8 Å². The lowest BCUT2D eigenvalue weighted by atomic mass is 9.34. The van der Waals surface area contributed by atoms with Crippen LogP contribution in [-0.2, 0) is 19.1 Å². The molecule has 1 aromatic heterocycles. The zero-order chi connectivity index (χ0) is 36.8. The van der Waals surface area contributed by atoms with Crippen LogP contribution in [0.3, 0.4) is 0 Å². The molecule has 50 heavy (non-hydrogen) atoms. The summed E-state index contributed by atoms with van der Waals surface area (Å²) in [5, 5.41) is 27.2. The molecule has 4 fully saturated rings. The molecule has 3 saturated carbocycles. The highest BCUT2D eigenvalue weighted by molar-refractivity contribution is 5.86. The number of fused-ring (bicyclic) bond motifs is 3. The first-order valence-electron chi connectivity index (χ1n) is 19.2. The molecular formula is C39H64N6O5. The summed E-state index contributed by atoms with van der Waals surface area (Å²) < 4.78 is 13.6. The topological polar surface area (TPSA) is 154 Å². The second-order valence-corrected chi connectivity index (χ2v) is 19.1. The minimum Gasteiger partial charge on any atom is -0.481 e. The number of carboxylic acids is 1. The van der Waals surface area contributed by atoms with Crippen LogP contribution in [0.4, 0.5) is 5.95 Å². The number of aliphatic carboxylic acids is 1. The van der Waals surface area contributed by atoms with Crippen LogP contribution < -0.4 is 11.1 Å². The highest BCUT2D eigenvalue weighted by Gasteiger charge is 2.72. The predicted octanol–water partition coefficient (Wildman–Crippen LogP) is 6.52. The van der Waals surface area contributed by atoms with E-state index in [1.807, 2.05) is 6.92 Å². The van der Waals surface area contributed by atoms with Crippen LogP contribution in [0.1, 0.15) is 121 Å². The number of carbonyl (C=O) groups excluding carboxylic acids is 1. The van der Waals surface area contributed by atoms with Crippen molar-refractivity contribution in [1.29, 1.82) is 0 Å². The smallest absolute Gasteiger partial charge is 0.307 e. The molecule has 5 aliphatic rings. The number of hydrogen-bond donors (Lipinski definition) is 3. The number of tetrazole rings is 1. The minimum atomic E-state index is -0.649. The molecule has 280 valence electrons. The van der Waals surface area contributed by atoms with Crippen LogP contribution in [0.5, 0.6) is 0 Å². The number of carboxylic acid groups (broad SMARTS) is 1. The predicted molar refractivity (Wildman–Crippen MR) is 192 cm³/mol. The molecule has 1 saturated heterocycles. The van der Waals surface area contributed by atoms with Gasteiger partial charge < -0.3 is 20.3 Å². The van der Waals surface area contributed by atoms with Gasteiger partial charge in [-0.25, -0.2) is 0 Å². The van der Waals surface area contributed by atoms with E-state index in [1.54, 1.807) is 4.80 Å². The summed E-state index contributed by atoms with van der Waals surface area (Å²) in [7, 11) is 0. The van der Waals surface area contributed by atoms with Crippen molar-refractivity contribution in [3.8, 4) is 0 Å². The van der Waals surface area contributed by atoms with Crippen LogP contribution in [-0.4, -0.2) is 68.7 Å². The van der Waals surface area contributed by atoms with E-state index in [-0.39, 0.29) is 63.4 Å². The van der Waals surface area contributed by atoms with Crippen molar-refractivity contribution in [2.45, 2.75) is 132 Å².